The van der Waals surface area contributed by atoms with Crippen molar-refractivity contribution in [1.29, 1.82) is 0 Å². The predicted octanol–water partition coefficient (Wildman–Crippen LogP) is 2.94. The summed E-state index contributed by atoms with van der Waals surface area (Å²) in [4.78, 5) is 4.40. The van der Waals surface area contributed by atoms with Crippen LogP contribution in [0.15, 0.2) is 18.3 Å². The molecule has 0 radical (unpaired) electrons. The maximum atomic E-state index is 12.4. The average Bonchev–Trinajstić information content (AvgIpc) is 2.09. The first-order valence-corrected chi connectivity index (χ1v) is 4.88. The first-order valence-electron chi connectivity index (χ1n) is 3.97. The van der Waals surface area contributed by atoms with Crippen molar-refractivity contribution in [2.45, 2.75) is 24.6 Å². The zero-order valence-electron chi connectivity index (χ0n) is 6.93. The minimum atomic E-state index is -0.277. The Morgan fingerprint density at radius 2 is 2.33 bits per heavy atom. The van der Waals surface area contributed by atoms with E-state index in [4.69, 9.17) is 0 Å². The number of halogens is 2. The summed E-state index contributed by atoms with van der Waals surface area (Å²) < 4.78 is 12.4. The van der Waals surface area contributed by atoms with E-state index in [0.717, 1.165) is 18.5 Å². The van der Waals surface area contributed by atoms with Crippen LogP contribution >= 0.6 is 15.9 Å². The van der Waals surface area contributed by atoms with Crippen LogP contribution in [0.25, 0.3) is 0 Å². The van der Waals surface area contributed by atoms with Gasteiger partial charge in [0.2, 0.25) is 0 Å². The van der Waals surface area contributed by atoms with Crippen LogP contribution in [-0.2, 0) is 6.42 Å². The number of aromatic nitrogens is 1. The maximum absolute atomic E-state index is 12.4. The Kier molecular flexibility index (Phi) is 3.66. The molecule has 0 aliphatic rings. The number of nitrogens with zero attached hydrogens (tertiary/aromatic N) is 1. The molecule has 0 fully saturated rings. The second kappa shape index (κ2) is 4.55. The normalized spacial score (nSPS) is 12.9. The van der Waals surface area contributed by atoms with Gasteiger partial charge in [0.05, 0.1) is 6.20 Å². The van der Waals surface area contributed by atoms with Crippen LogP contribution in [0.1, 0.15) is 19.0 Å². The van der Waals surface area contributed by atoms with Gasteiger partial charge in [-0.2, -0.15) is 0 Å². The summed E-state index contributed by atoms with van der Waals surface area (Å²) in [5.74, 6) is -0.277. The summed E-state index contributed by atoms with van der Waals surface area (Å²) in [6, 6.07) is 3.16. The van der Waals surface area contributed by atoms with Crippen molar-refractivity contribution >= 4 is 15.9 Å². The molecule has 1 rings (SSSR count). The molecule has 0 aromatic carbocycles. The Labute approximate surface area is 80.1 Å². The van der Waals surface area contributed by atoms with Crippen LogP contribution in [0.3, 0.4) is 0 Å². The molecule has 0 spiro atoms. The molecule has 1 unspecified atom stereocenters. The van der Waals surface area contributed by atoms with Crippen LogP contribution in [0, 0.1) is 5.82 Å². The van der Waals surface area contributed by atoms with E-state index in [2.05, 4.69) is 27.8 Å². The highest BCUT2D eigenvalue weighted by Gasteiger charge is 2.03. The van der Waals surface area contributed by atoms with Crippen molar-refractivity contribution in [1.82, 2.24) is 4.98 Å². The minimum absolute atomic E-state index is 0.277. The lowest BCUT2D eigenvalue weighted by Gasteiger charge is -2.04. The predicted molar refractivity (Wildman–Crippen MR) is 50.9 cm³/mol. The molecule has 0 bridgehead atoms. The highest BCUT2D eigenvalue weighted by atomic mass is 79.9. The number of hydrogen-bond donors (Lipinski definition) is 0. The van der Waals surface area contributed by atoms with Crippen LogP contribution in [-0.4, -0.2) is 9.81 Å². The van der Waals surface area contributed by atoms with Crippen LogP contribution in [0.4, 0.5) is 4.39 Å². The van der Waals surface area contributed by atoms with Gasteiger partial charge in [-0.3, -0.25) is 4.98 Å². The fourth-order valence-electron chi connectivity index (χ4n) is 0.898. The fraction of sp³-hybridized carbons (Fsp3) is 0.444. The van der Waals surface area contributed by atoms with Gasteiger partial charge in [-0.25, -0.2) is 4.39 Å². The Morgan fingerprint density at radius 3 is 2.83 bits per heavy atom. The van der Waals surface area contributed by atoms with Gasteiger partial charge in [0.15, 0.2) is 0 Å². The molecule has 1 atom stereocenters. The molecule has 3 heteroatoms. The standard InChI is InChI=1S/C9H11BrFN/c1-2-7(10)5-9-4-3-8(11)6-12-9/h3-4,6-7H,2,5H2,1H3. The van der Waals surface area contributed by atoms with E-state index in [1.165, 1.54) is 12.3 Å². The second-order valence-electron chi connectivity index (χ2n) is 2.68. The van der Waals surface area contributed by atoms with Crippen LogP contribution in [0.5, 0.6) is 0 Å². The molecule has 1 aromatic heterocycles. The highest BCUT2D eigenvalue weighted by Crippen LogP contribution is 2.11. The van der Waals surface area contributed by atoms with Crippen molar-refractivity contribution in [3.63, 3.8) is 0 Å². The van der Waals surface area contributed by atoms with E-state index in [9.17, 15) is 4.39 Å². The van der Waals surface area contributed by atoms with Crippen LogP contribution < -0.4 is 0 Å². The zero-order valence-corrected chi connectivity index (χ0v) is 8.51. The summed E-state index contributed by atoms with van der Waals surface area (Å²) in [6.45, 7) is 2.10. The third-order valence-electron chi connectivity index (χ3n) is 1.66. The van der Waals surface area contributed by atoms with Crippen molar-refractivity contribution in [3.05, 3.63) is 29.8 Å². The van der Waals surface area contributed by atoms with Gasteiger partial charge in [0.1, 0.15) is 5.82 Å². The Balaban J connectivity index is 2.58. The van der Waals surface area contributed by atoms with E-state index in [1.54, 1.807) is 6.07 Å². The van der Waals surface area contributed by atoms with Gasteiger partial charge in [-0.1, -0.05) is 22.9 Å². The topological polar surface area (TPSA) is 12.9 Å². The Morgan fingerprint density at radius 1 is 1.58 bits per heavy atom. The van der Waals surface area contributed by atoms with E-state index < -0.39 is 0 Å². The van der Waals surface area contributed by atoms with Gasteiger partial charge in [0, 0.05) is 16.9 Å². The summed E-state index contributed by atoms with van der Waals surface area (Å²) >= 11 is 3.50. The van der Waals surface area contributed by atoms with Gasteiger partial charge >= 0.3 is 0 Å². The van der Waals surface area contributed by atoms with Crippen molar-refractivity contribution < 1.29 is 4.39 Å². The van der Waals surface area contributed by atoms with Gasteiger partial charge in [-0.05, 0) is 18.6 Å². The lowest BCUT2D eigenvalue weighted by atomic mass is 10.2. The van der Waals surface area contributed by atoms with E-state index >= 15 is 0 Å². The molecule has 66 valence electrons. The summed E-state index contributed by atoms with van der Waals surface area (Å²) in [6.07, 6.45) is 3.17. The minimum Gasteiger partial charge on any atom is -0.258 e. The number of rotatable bonds is 3. The molecule has 0 saturated carbocycles. The molecule has 0 amide bonds. The van der Waals surface area contributed by atoms with Gasteiger partial charge < -0.3 is 0 Å². The second-order valence-corrected chi connectivity index (χ2v) is 3.97. The number of pyridine rings is 1. The zero-order chi connectivity index (χ0) is 8.97. The first-order chi connectivity index (χ1) is 5.72. The molecular weight excluding hydrogens is 221 g/mol. The van der Waals surface area contributed by atoms with Crippen molar-refractivity contribution in [3.8, 4) is 0 Å². The van der Waals surface area contributed by atoms with E-state index in [1.807, 2.05) is 0 Å². The largest absolute Gasteiger partial charge is 0.258 e. The smallest absolute Gasteiger partial charge is 0.141 e. The third-order valence-corrected chi connectivity index (χ3v) is 2.63. The molecular formula is C9H11BrFN. The molecule has 0 aliphatic carbocycles. The third kappa shape index (κ3) is 2.89. The molecule has 0 saturated heterocycles. The summed E-state index contributed by atoms with van der Waals surface area (Å²) in [5, 5.41) is 0. The summed E-state index contributed by atoms with van der Waals surface area (Å²) in [7, 11) is 0. The first kappa shape index (κ1) is 9.65. The van der Waals surface area contributed by atoms with Gasteiger partial charge in [-0.15, -0.1) is 0 Å². The lowest BCUT2D eigenvalue weighted by Crippen LogP contribution is -2.02. The van der Waals surface area contributed by atoms with E-state index in [0.29, 0.717) is 4.83 Å². The van der Waals surface area contributed by atoms with Crippen molar-refractivity contribution in [2.75, 3.05) is 0 Å². The highest BCUT2D eigenvalue weighted by molar-refractivity contribution is 9.09. The Hall–Kier alpha value is -0.440. The number of hydrogen-bond acceptors (Lipinski definition) is 1. The molecule has 1 heterocycles. The SMILES string of the molecule is CCC(Br)Cc1ccc(F)cn1. The maximum Gasteiger partial charge on any atom is 0.141 e. The molecule has 1 nitrogen and oxygen atoms in total. The quantitative estimate of drug-likeness (QED) is 0.730. The van der Waals surface area contributed by atoms with Crippen LogP contribution in [0.2, 0.25) is 0 Å². The lowest BCUT2D eigenvalue weighted by molar-refractivity contribution is 0.618. The monoisotopic (exact) mass is 231 g/mol. The number of alkyl halides is 1. The molecule has 0 N–H and O–H groups in total. The van der Waals surface area contributed by atoms with Gasteiger partial charge in [0.25, 0.3) is 0 Å². The van der Waals surface area contributed by atoms with Crippen molar-refractivity contribution in [2.24, 2.45) is 0 Å². The average molecular weight is 232 g/mol. The van der Waals surface area contributed by atoms with E-state index in [-0.39, 0.29) is 5.82 Å². The fourth-order valence-corrected chi connectivity index (χ4v) is 1.23. The molecule has 1 aromatic rings. The Bertz CT molecular complexity index is 235. The molecule has 12 heavy (non-hydrogen) atoms. The molecule has 0 aliphatic heterocycles. The summed E-state index contributed by atoms with van der Waals surface area (Å²) in [5.41, 5.74) is 0.931.